The Morgan fingerprint density at radius 1 is 1.06 bits per heavy atom. The lowest BCUT2D eigenvalue weighted by Crippen LogP contribution is -2.52. The number of fused-ring (bicyclic) bond motifs is 1. The summed E-state index contributed by atoms with van der Waals surface area (Å²) >= 11 is 0. The van der Waals surface area contributed by atoms with E-state index in [2.05, 4.69) is 5.32 Å². The van der Waals surface area contributed by atoms with Crippen molar-refractivity contribution in [1.82, 2.24) is 0 Å². The lowest BCUT2D eigenvalue weighted by molar-refractivity contribution is -0.121. The second-order valence-corrected chi connectivity index (χ2v) is 8.62. The van der Waals surface area contributed by atoms with Gasteiger partial charge in [-0.15, -0.1) is 0 Å². The van der Waals surface area contributed by atoms with Crippen LogP contribution >= 0.6 is 0 Å². The van der Waals surface area contributed by atoms with Gasteiger partial charge in [0, 0.05) is 24.2 Å². The summed E-state index contributed by atoms with van der Waals surface area (Å²) in [6.07, 6.45) is 0. The highest BCUT2D eigenvalue weighted by molar-refractivity contribution is 6.08. The fraction of sp³-hybridized carbons (Fsp3) is 0.269. The van der Waals surface area contributed by atoms with E-state index in [1.807, 2.05) is 32.9 Å². The average Bonchev–Trinajstić information content (AvgIpc) is 2.77. The molecule has 0 radical (unpaired) electrons. The third kappa shape index (κ3) is 3.99. The maximum atomic E-state index is 14.5. The Kier molecular flexibility index (Phi) is 5.74. The van der Waals surface area contributed by atoms with E-state index < -0.39 is 17.2 Å². The second-order valence-electron chi connectivity index (χ2n) is 8.62. The van der Waals surface area contributed by atoms with Gasteiger partial charge in [-0.05, 0) is 50.1 Å². The normalized spacial score (nSPS) is 14.5. The summed E-state index contributed by atoms with van der Waals surface area (Å²) in [6.45, 7) is 5.47. The molecule has 1 amide bonds. The number of aryl methyl sites for hydroxylation is 1. The van der Waals surface area contributed by atoms with Crippen LogP contribution in [0.15, 0.2) is 48.5 Å². The SMILES string of the molecule is COc1c(F)cccc1-c1ccc2c(c1COc1cc(F)ccc1C)N(C)C(=O)C(C)(C)N2. The Bertz CT molecular complexity index is 1240. The van der Waals surface area contributed by atoms with Gasteiger partial charge in [0.15, 0.2) is 11.6 Å². The number of benzene rings is 3. The molecule has 0 atom stereocenters. The summed E-state index contributed by atoms with van der Waals surface area (Å²) in [5, 5.41) is 3.28. The van der Waals surface area contributed by atoms with Crippen LogP contribution in [-0.2, 0) is 11.4 Å². The van der Waals surface area contributed by atoms with Crippen LogP contribution < -0.4 is 19.7 Å². The maximum absolute atomic E-state index is 14.5. The Balaban J connectivity index is 1.90. The van der Waals surface area contributed by atoms with E-state index in [0.717, 1.165) is 11.3 Å². The van der Waals surface area contributed by atoms with Crippen molar-refractivity contribution in [3.8, 4) is 22.6 Å². The van der Waals surface area contributed by atoms with Crippen molar-refractivity contribution in [3.05, 3.63) is 71.3 Å². The zero-order valence-corrected chi connectivity index (χ0v) is 19.3. The van der Waals surface area contributed by atoms with Gasteiger partial charge in [0.2, 0.25) is 0 Å². The van der Waals surface area contributed by atoms with Crippen molar-refractivity contribution >= 4 is 17.3 Å². The molecule has 0 spiro atoms. The number of ether oxygens (including phenoxy) is 2. The number of anilines is 2. The van der Waals surface area contributed by atoms with Gasteiger partial charge in [0.1, 0.15) is 23.7 Å². The molecule has 0 unspecified atom stereocenters. The first kappa shape index (κ1) is 22.6. The first-order valence-corrected chi connectivity index (χ1v) is 10.6. The van der Waals surface area contributed by atoms with Crippen molar-refractivity contribution in [2.45, 2.75) is 32.9 Å². The molecule has 1 aliphatic rings. The fourth-order valence-corrected chi connectivity index (χ4v) is 4.24. The number of halogens is 2. The summed E-state index contributed by atoms with van der Waals surface area (Å²) in [5.41, 5.74) is 3.18. The first-order valence-electron chi connectivity index (χ1n) is 10.6. The third-order valence-corrected chi connectivity index (χ3v) is 5.89. The van der Waals surface area contributed by atoms with Gasteiger partial charge < -0.3 is 19.7 Å². The number of nitrogens with zero attached hydrogens (tertiary/aromatic N) is 1. The van der Waals surface area contributed by atoms with Crippen LogP contribution in [0.5, 0.6) is 11.5 Å². The minimum absolute atomic E-state index is 0.0300. The fourth-order valence-electron chi connectivity index (χ4n) is 4.24. The van der Waals surface area contributed by atoms with Crippen molar-refractivity contribution in [2.75, 3.05) is 24.4 Å². The number of para-hydroxylation sites is 1. The summed E-state index contributed by atoms with van der Waals surface area (Å²) in [7, 11) is 3.11. The molecule has 1 aliphatic heterocycles. The Labute approximate surface area is 191 Å². The molecule has 0 bridgehead atoms. The largest absolute Gasteiger partial charge is 0.493 e. The molecule has 0 saturated heterocycles. The summed E-state index contributed by atoms with van der Waals surface area (Å²) in [4.78, 5) is 14.6. The zero-order chi connectivity index (χ0) is 23.9. The molecule has 3 aromatic rings. The zero-order valence-electron chi connectivity index (χ0n) is 19.3. The topological polar surface area (TPSA) is 50.8 Å². The van der Waals surface area contributed by atoms with E-state index in [4.69, 9.17) is 9.47 Å². The van der Waals surface area contributed by atoms with Crippen LogP contribution in [0.25, 0.3) is 11.1 Å². The molecule has 0 fully saturated rings. The van der Waals surface area contributed by atoms with E-state index in [9.17, 15) is 13.6 Å². The van der Waals surface area contributed by atoms with E-state index >= 15 is 0 Å². The Hall–Kier alpha value is -3.61. The van der Waals surface area contributed by atoms with Gasteiger partial charge in [-0.2, -0.15) is 0 Å². The predicted molar refractivity (Wildman–Crippen MR) is 125 cm³/mol. The number of carbonyl (C=O) groups excluding carboxylic acids is 1. The lowest BCUT2D eigenvalue weighted by Gasteiger charge is -2.39. The van der Waals surface area contributed by atoms with Gasteiger partial charge >= 0.3 is 0 Å². The Morgan fingerprint density at radius 3 is 2.55 bits per heavy atom. The molecule has 0 aliphatic carbocycles. The van der Waals surface area contributed by atoms with Crippen LogP contribution in [0.3, 0.4) is 0 Å². The molecule has 1 N–H and O–H groups in total. The molecule has 172 valence electrons. The van der Waals surface area contributed by atoms with Gasteiger partial charge in [0.05, 0.1) is 18.5 Å². The molecule has 1 heterocycles. The minimum atomic E-state index is -0.795. The molecule has 4 rings (SSSR count). The van der Waals surface area contributed by atoms with Gasteiger partial charge in [-0.1, -0.05) is 24.3 Å². The standard InChI is InChI=1S/C26H26F2N2O3/c1-15-9-10-16(27)13-22(15)33-14-19-17(18-7-6-8-20(28)24(18)32-5)11-12-21-23(19)30(4)25(31)26(2,3)29-21/h6-13,29H,14H2,1-5H3. The number of nitrogens with one attached hydrogen (secondary N) is 1. The second kappa shape index (κ2) is 8.39. The minimum Gasteiger partial charge on any atom is -0.493 e. The van der Waals surface area contributed by atoms with E-state index in [1.165, 1.54) is 25.3 Å². The average molecular weight is 453 g/mol. The molecule has 0 saturated carbocycles. The van der Waals surface area contributed by atoms with Crippen LogP contribution in [0.1, 0.15) is 25.0 Å². The van der Waals surface area contributed by atoms with Gasteiger partial charge in [-0.3, -0.25) is 4.79 Å². The highest BCUT2D eigenvalue weighted by atomic mass is 19.1. The quantitative estimate of drug-likeness (QED) is 0.540. The highest BCUT2D eigenvalue weighted by Gasteiger charge is 2.38. The lowest BCUT2D eigenvalue weighted by atomic mass is 9.91. The van der Waals surface area contributed by atoms with Gasteiger partial charge in [-0.25, -0.2) is 8.78 Å². The molecule has 3 aromatic carbocycles. The highest BCUT2D eigenvalue weighted by Crippen LogP contribution is 2.44. The van der Waals surface area contributed by atoms with Crippen LogP contribution in [0, 0.1) is 18.6 Å². The third-order valence-electron chi connectivity index (χ3n) is 5.89. The van der Waals surface area contributed by atoms with Crippen LogP contribution in [0.4, 0.5) is 20.2 Å². The Morgan fingerprint density at radius 2 is 1.82 bits per heavy atom. The summed E-state index contributed by atoms with van der Waals surface area (Å²) < 4.78 is 39.7. The van der Waals surface area contributed by atoms with Crippen LogP contribution in [-0.4, -0.2) is 25.6 Å². The van der Waals surface area contributed by atoms with E-state index in [-0.39, 0.29) is 18.3 Å². The predicted octanol–water partition coefficient (Wildman–Crippen LogP) is 5.69. The number of likely N-dealkylation sites (N-methyl/N-ethyl adjacent to an activating group) is 1. The first-order chi connectivity index (χ1) is 15.6. The van der Waals surface area contributed by atoms with E-state index in [1.54, 1.807) is 30.1 Å². The monoisotopic (exact) mass is 452 g/mol. The molecular formula is C26H26F2N2O3. The van der Waals surface area contributed by atoms with Crippen molar-refractivity contribution < 1.29 is 23.0 Å². The van der Waals surface area contributed by atoms with Crippen molar-refractivity contribution in [2.24, 2.45) is 0 Å². The molecule has 7 heteroatoms. The number of carbonyl (C=O) groups is 1. The van der Waals surface area contributed by atoms with Gasteiger partial charge in [0.25, 0.3) is 5.91 Å². The summed E-state index contributed by atoms with van der Waals surface area (Å²) in [6, 6.07) is 12.7. The summed E-state index contributed by atoms with van der Waals surface area (Å²) in [5.74, 6) is -0.541. The smallest absolute Gasteiger partial charge is 0.251 e. The van der Waals surface area contributed by atoms with Crippen molar-refractivity contribution in [1.29, 1.82) is 0 Å². The number of rotatable bonds is 5. The molecule has 5 nitrogen and oxygen atoms in total. The number of methoxy groups -OCH3 is 1. The van der Waals surface area contributed by atoms with Crippen molar-refractivity contribution in [3.63, 3.8) is 0 Å². The number of hydrogen-bond donors (Lipinski definition) is 1. The number of amides is 1. The van der Waals surface area contributed by atoms with E-state index in [0.29, 0.717) is 28.1 Å². The molecular weight excluding hydrogens is 426 g/mol. The maximum Gasteiger partial charge on any atom is 0.251 e. The molecule has 0 aromatic heterocycles. The molecule has 33 heavy (non-hydrogen) atoms. The number of hydrogen-bond acceptors (Lipinski definition) is 4. The van der Waals surface area contributed by atoms with Crippen LogP contribution in [0.2, 0.25) is 0 Å².